The van der Waals surface area contributed by atoms with Crippen molar-refractivity contribution in [3.63, 3.8) is 0 Å². The maximum absolute atomic E-state index is 12.9. The van der Waals surface area contributed by atoms with E-state index in [4.69, 9.17) is 0 Å². The van der Waals surface area contributed by atoms with Gasteiger partial charge in [0.15, 0.2) is 0 Å². The molecule has 7 heteroatoms. The van der Waals surface area contributed by atoms with Crippen LogP contribution in [-0.2, 0) is 9.59 Å². The molecule has 1 saturated heterocycles. The second kappa shape index (κ2) is 10.2. The molecule has 0 saturated carbocycles. The second-order valence-corrected chi connectivity index (χ2v) is 6.69. The lowest BCUT2D eigenvalue weighted by atomic mass is 10.2. The Balaban J connectivity index is 1.73. The molecule has 1 atom stereocenters. The van der Waals surface area contributed by atoms with Crippen LogP contribution < -0.4 is 10.6 Å². The molecule has 0 aromatic heterocycles. The Bertz CT molecular complexity index is 586. The highest BCUT2D eigenvalue weighted by Gasteiger charge is 2.26. The van der Waals surface area contributed by atoms with E-state index in [-0.39, 0.29) is 23.7 Å². The summed E-state index contributed by atoms with van der Waals surface area (Å²) in [4.78, 5) is 28.5. The van der Waals surface area contributed by atoms with E-state index in [2.05, 4.69) is 27.4 Å². The van der Waals surface area contributed by atoms with Crippen LogP contribution in [0.4, 0.5) is 10.1 Å². The van der Waals surface area contributed by atoms with Crippen LogP contribution in [-0.4, -0.2) is 66.9 Å². The zero-order valence-electron chi connectivity index (χ0n) is 15.6. The average Bonchev–Trinajstić information content (AvgIpc) is 2.64. The zero-order chi connectivity index (χ0) is 18.9. The van der Waals surface area contributed by atoms with Crippen LogP contribution in [0.1, 0.15) is 26.7 Å². The number of halogens is 1. The molecular weight excluding hydrogens is 335 g/mol. The Morgan fingerprint density at radius 3 is 2.42 bits per heavy atom. The minimum absolute atomic E-state index is 0.0639. The van der Waals surface area contributed by atoms with Crippen LogP contribution >= 0.6 is 0 Å². The van der Waals surface area contributed by atoms with Gasteiger partial charge < -0.3 is 10.6 Å². The number of hydrogen-bond acceptors (Lipinski definition) is 4. The highest BCUT2D eigenvalue weighted by atomic mass is 19.1. The lowest BCUT2D eigenvalue weighted by molar-refractivity contribution is -0.124. The van der Waals surface area contributed by atoms with Crippen LogP contribution in [0.15, 0.2) is 24.3 Å². The van der Waals surface area contributed by atoms with Crippen molar-refractivity contribution in [2.45, 2.75) is 32.7 Å². The van der Waals surface area contributed by atoms with Crippen LogP contribution in [0, 0.1) is 5.82 Å². The number of nitrogens with one attached hydrogen (secondary N) is 2. The minimum Gasteiger partial charge on any atom is -0.355 e. The third-order valence-corrected chi connectivity index (χ3v) is 4.67. The molecular formula is C19H29FN4O2. The minimum atomic E-state index is -0.328. The van der Waals surface area contributed by atoms with Gasteiger partial charge in [-0.25, -0.2) is 4.39 Å². The van der Waals surface area contributed by atoms with Crippen molar-refractivity contribution in [1.29, 1.82) is 0 Å². The first-order valence-electron chi connectivity index (χ1n) is 9.29. The van der Waals surface area contributed by atoms with Gasteiger partial charge >= 0.3 is 0 Å². The van der Waals surface area contributed by atoms with Crippen molar-refractivity contribution in [2.75, 3.05) is 44.6 Å². The molecule has 1 aliphatic rings. The number of anilines is 1. The van der Waals surface area contributed by atoms with E-state index < -0.39 is 0 Å². The number of rotatable bonds is 8. The Kier molecular flexibility index (Phi) is 8.00. The van der Waals surface area contributed by atoms with E-state index in [9.17, 15) is 14.0 Å². The molecule has 1 aromatic carbocycles. The number of hydrogen-bond donors (Lipinski definition) is 2. The molecule has 0 radical (unpaired) electrons. The number of benzene rings is 1. The number of amides is 2. The van der Waals surface area contributed by atoms with Gasteiger partial charge in [0.1, 0.15) is 5.82 Å². The van der Waals surface area contributed by atoms with Crippen molar-refractivity contribution >= 4 is 17.5 Å². The molecule has 0 bridgehead atoms. The highest BCUT2D eigenvalue weighted by Crippen LogP contribution is 2.12. The van der Waals surface area contributed by atoms with Crippen molar-refractivity contribution in [2.24, 2.45) is 0 Å². The molecule has 1 aliphatic heterocycles. The van der Waals surface area contributed by atoms with Gasteiger partial charge in [0, 0.05) is 38.4 Å². The van der Waals surface area contributed by atoms with Crippen LogP contribution in [0.2, 0.25) is 0 Å². The van der Waals surface area contributed by atoms with Gasteiger partial charge in [0.25, 0.3) is 0 Å². The summed E-state index contributed by atoms with van der Waals surface area (Å²) < 4.78 is 12.9. The summed E-state index contributed by atoms with van der Waals surface area (Å²) in [5.41, 5.74) is 0.589. The van der Waals surface area contributed by atoms with Crippen LogP contribution in [0.3, 0.4) is 0 Å². The van der Waals surface area contributed by atoms with E-state index in [1.165, 1.54) is 12.1 Å². The Morgan fingerprint density at radius 1 is 1.15 bits per heavy atom. The molecule has 1 aromatic rings. The number of piperazine rings is 1. The largest absolute Gasteiger partial charge is 0.355 e. The SMILES string of the molecule is CCCCNC(=O)CN1CCN([C@@H](C)C(=O)Nc2ccc(F)cc2)CC1. The first-order valence-corrected chi connectivity index (χ1v) is 9.29. The van der Waals surface area contributed by atoms with Gasteiger partial charge in [-0.2, -0.15) is 0 Å². The molecule has 0 unspecified atom stereocenters. The first-order chi connectivity index (χ1) is 12.5. The summed E-state index contributed by atoms with van der Waals surface area (Å²) in [6.07, 6.45) is 2.07. The van der Waals surface area contributed by atoms with E-state index in [0.717, 1.165) is 45.6 Å². The fourth-order valence-electron chi connectivity index (χ4n) is 2.92. The normalized spacial score (nSPS) is 16.9. The molecule has 0 aliphatic carbocycles. The molecule has 144 valence electrons. The molecule has 0 spiro atoms. The van der Waals surface area contributed by atoms with Crippen molar-refractivity contribution in [1.82, 2.24) is 15.1 Å². The number of nitrogens with zero attached hydrogens (tertiary/aromatic N) is 2. The fraction of sp³-hybridized carbons (Fsp3) is 0.579. The van der Waals surface area contributed by atoms with Gasteiger partial charge in [-0.1, -0.05) is 13.3 Å². The van der Waals surface area contributed by atoms with E-state index in [0.29, 0.717) is 12.2 Å². The second-order valence-electron chi connectivity index (χ2n) is 6.69. The summed E-state index contributed by atoms with van der Waals surface area (Å²) in [6, 6.07) is 5.47. The lowest BCUT2D eigenvalue weighted by Gasteiger charge is -2.37. The maximum Gasteiger partial charge on any atom is 0.241 e. The quantitative estimate of drug-likeness (QED) is 0.689. The summed E-state index contributed by atoms with van der Waals surface area (Å²) in [6.45, 7) is 8.10. The Labute approximate surface area is 154 Å². The standard InChI is InChI=1S/C19H29FN4O2/c1-3-4-9-21-18(25)14-23-10-12-24(13-11-23)15(2)19(26)22-17-7-5-16(20)6-8-17/h5-8,15H,3-4,9-14H2,1-2H3,(H,21,25)(H,22,26)/t15-/m0/s1. The third-order valence-electron chi connectivity index (χ3n) is 4.67. The van der Waals surface area contributed by atoms with Gasteiger partial charge in [-0.15, -0.1) is 0 Å². The lowest BCUT2D eigenvalue weighted by Crippen LogP contribution is -2.54. The van der Waals surface area contributed by atoms with Gasteiger partial charge in [-0.3, -0.25) is 19.4 Å². The molecule has 1 heterocycles. The highest BCUT2D eigenvalue weighted by molar-refractivity contribution is 5.94. The summed E-state index contributed by atoms with van der Waals surface area (Å²) in [5.74, 6) is -0.373. The van der Waals surface area contributed by atoms with E-state index in [1.807, 2.05) is 6.92 Å². The number of unbranched alkanes of at least 4 members (excludes halogenated alkanes) is 1. The molecule has 2 N–H and O–H groups in total. The number of carbonyl (C=O) groups excluding carboxylic acids is 2. The summed E-state index contributed by atoms with van der Waals surface area (Å²) >= 11 is 0. The molecule has 1 fully saturated rings. The predicted molar refractivity (Wildman–Crippen MR) is 100 cm³/mol. The summed E-state index contributed by atoms with van der Waals surface area (Å²) in [5, 5.41) is 5.74. The van der Waals surface area contributed by atoms with Crippen molar-refractivity contribution < 1.29 is 14.0 Å². The first kappa shape index (κ1) is 20.3. The van der Waals surface area contributed by atoms with Gasteiger partial charge in [0.2, 0.25) is 11.8 Å². The fourth-order valence-corrected chi connectivity index (χ4v) is 2.92. The Hall–Kier alpha value is -1.99. The topological polar surface area (TPSA) is 64.7 Å². The molecule has 6 nitrogen and oxygen atoms in total. The molecule has 2 amide bonds. The van der Waals surface area contributed by atoms with Crippen molar-refractivity contribution in [3.8, 4) is 0 Å². The predicted octanol–water partition coefficient (Wildman–Crippen LogP) is 1.69. The van der Waals surface area contributed by atoms with Gasteiger partial charge in [-0.05, 0) is 37.6 Å². The van der Waals surface area contributed by atoms with E-state index >= 15 is 0 Å². The van der Waals surface area contributed by atoms with Crippen LogP contribution in [0.5, 0.6) is 0 Å². The third kappa shape index (κ3) is 6.38. The summed E-state index contributed by atoms with van der Waals surface area (Å²) in [7, 11) is 0. The smallest absolute Gasteiger partial charge is 0.241 e. The molecule has 2 rings (SSSR count). The maximum atomic E-state index is 12.9. The molecule has 26 heavy (non-hydrogen) atoms. The van der Waals surface area contributed by atoms with Gasteiger partial charge in [0.05, 0.1) is 12.6 Å². The van der Waals surface area contributed by atoms with Crippen molar-refractivity contribution in [3.05, 3.63) is 30.1 Å². The zero-order valence-corrected chi connectivity index (χ0v) is 15.6. The monoisotopic (exact) mass is 364 g/mol. The average molecular weight is 364 g/mol. The Morgan fingerprint density at radius 2 is 1.81 bits per heavy atom. The van der Waals surface area contributed by atoms with Crippen LogP contribution in [0.25, 0.3) is 0 Å². The number of carbonyl (C=O) groups is 2. The van der Waals surface area contributed by atoms with E-state index in [1.54, 1.807) is 12.1 Å².